The van der Waals surface area contributed by atoms with Crippen molar-refractivity contribution in [3.8, 4) is 5.69 Å². The van der Waals surface area contributed by atoms with Crippen molar-refractivity contribution in [3.05, 3.63) is 58.8 Å². The molecule has 4 heteroatoms. The number of rotatable bonds is 4. The molecule has 0 amide bonds. The molecule has 1 heterocycles. The molecule has 0 fully saturated rings. The van der Waals surface area contributed by atoms with Crippen molar-refractivity contribution >= 4 is 26.7 Å². The first-order chi connectivity index (χ1) is 9.76. The fraction of sp³-hybridized carbons (Fsp3) is 0.188. The van der Waals surface area contributed by atoms with E-state index in [-0.39, 0.29) is 0 Å². The van der Waals surface area contributed by atoms with E-state index in [0.717, 1.165) is 28.9 Å². The fourth-order valence-electron chi connectivity index (χ4n) is 2.20. The van der Waals surface area contributed by atoms with Crippen molar-refractivity contribution in [1.29, 1.82) is 0 Å². The van der Waals surface area contributed by atoms with Gasteiger partial charge in [0, 0.05) is 17.2 Å². The van der Waals surface area contributed by atoms with Gasteiger partial charge in [-0.3, -0.25) is 0 Å². The van der Waals surface area contributed by atoms with Gasteiger partial charge in [0.25, 0.3) is 0 Å². The molecule has 1 N–H and O–H groups in total. The van der Waals surface area contributed by atoms with Gasteiger partial charge in [-0.25, -0.2) is 4.68 Å². The van der Waals surface area contributed by atoms with Crippen molar-refractivity contribution < 1.29 is 0 Å². The number of aromatic nitrogens is 2. The van der Waals surface area contributed by atoms with E-state index in [1.807, 2.05) is 10.9 Å². The van der Waals surface area contributed by atoms with Crippen LogP contribution in [0.3, 0.4) is 0 Å². The molecule has 20 heavy (non-hydrogen) atoms. The highest BCUT2D eigenvalue weighted by Crippen LogP contribution is 2.22. The summed E-state index contributed by atoms with van der Waals surface area (Å²) in [5.74, 6) is 0. The van der Waals surface area contributed by atoms with Crippen LogP contribution in [0, 0.1) is 0 Å². The number of fused-ring (bicyclic) bond motifs is 1. The molecule has 2 aromatic carbocycles. The second-order valence-corrected chi connectivity index (χ2v) is 5.62. The summed E-state index contributed by atoms with van der Waals surface area (Å²) in [5.41, 5.74) is 2.14. The first-order valence-electron chi connectivity index (χ1n) is 6.71. The van der Waals surface area contributed by atoms with Crippen LogP contribution in [0.2, 0.25) is 0 Å². The summed E-state index contributed by atoms with van der Waals surface area (Å²) in [6.07, 6.45) is 2.01. The van der Waals surface area contributed by atoms with Gasteiger partial charge in [0.2, 0.25) is 0 Å². The summed E-state index contributed by atoms with van der Waals surface area (Å²) in [6.45, 7) is 3.86. The van der Waals surface area contributed by atoms with Gasteiger partial charge in [0.15, 0.2) is 0 Å². The standard InChI is InChI=1S/C16H16BrN3/c1-2-18-11-15-7-8-20(19-15)16-6-4-12-9-14(17)5-3-13(12)10-16/h3-10,18H,2,11H2,1H3. The third kappa shape index (κ3) is 2.76. The fourth-order valence-corrected chi connectivity index (χ4v) is 2.58. The smallest absolute Gasteiger partial charge is 0.0766 e. The molecule has 0 unspecified atom stereocenters. The SMILES string of the molecule is CCNCc1ccn(-c2ccc3cc(Br)ccc3c2)n1. The summed E-state index contributed by atoms with van der Waals surface area (Å²) in [5, 5.41) is 10.3. The molecule has 0 aliphatic heterocycles. The molecule has 0 spiro atoms. The number of nitrogens with zero attached hydrogens (tertiary/aromatic N) is 2. The van der Waals surface area contributed by atoms with E-state index in [1.54, 1.807) is 0 Å². The third-order valence-electron chi connectivity index (χ3n) is 3.25. The maximum Gasteiger partial charge on any atom is 0.0766 e. The molecule has 1 aromatic heterocycles. The average molecular weight is 330 g/mol. The molecule has 102 valence electrons. The van der Waals surface area contributed by atoms with E-state index in [2.05, 4.69) is 75.7 Å². The number of benzene rings is 2. The minimum Gasteiger partial charge on any atom is -0.311 e. The van der Waals surface area contributed by atoms with Gasteiger partial charge in [-0.15, -0.1) is 0 Å². The maximum absolute atomic E-state index is 4.59. The van der Waals surface area contributed by atoms with Crippen molar-refractivity contribution in [1.82, 2.24) is 15.1 Å². The first kappa shape index (κ1) is 13.3. The van der Waals surface area contributed by atoms with Crippen LogP contribution in [0.1, 0.15) is 12.6 Å². The van der Waals surface area contributed by atoms with E-state index in [1.165, 1.54) is 10.8 Å². The van der Waals surface area contributed by atoms with Gasteiger partial charge in [-0.1, -0.05) is 35.0 Å². The molecule has 0 aliphatic carbocycles. The quantitative estimate of drug-likeness (QED) is 0.786. The number of halogens is 1. The van der Waals surface area contributed by atoms with E-state index in [9.17, 15) is 0 Å². The van der Waals surface area contributed by atoms with Crippen LogP contribution >= 0.6 is 15.9 Å². The number of hydrogen-bond donors (Lipinski definition) is 1. The van der Waals surface area contributed by atoms with Gasteiger partial charge in [-0.2, -0.15) is 5.10 Å². The molecule has 0 saturated carbocycles. The zero-order valence-corrected chi connectivity index (χ0v) is 12.9. The molecular formula is C16H16BrN3. The Morgan fingerprint density at radius 1 is 1.10 bits per heavy atom. The molecule has 0 saturated heterocycles. The molecule has 3 nitrogen and oxygen atoms in total. The van der Waals surface area contributed by atoms with Crippen LogP contribution in [-0.4, -0.2) is 16.3 Å². The monoisotopic (exact) mass is 329 g/mol. The average Bonchev–Trinajstić information content (AvgIpc) is 2.93. The molecule has 0 bridgehead atoms. The number of nitrogens with one attached hydrogen (secondary N) is 1. The Morgan fingerprint density at radius 3 is 2.75 bits per heavy atom. The Hall–Kier alpha value is -1.65. The van der Waals surface area contributed by atoms with Gasteiger partial charge < -0.3 is 5.32 Å². The lowest BCUT2D eigenvalue weighted by Crippen LogP contribution is -2.12. The predicted molar refractivity (Wildman–Crippen MR) is 86.2 cm³/mol. The van der Waals surface area contributed by atoms with Crippen molar-refractivity contribution in [2.75, 3.05) is 6.54 Å². The van der Waals surface area contributed by atoms with Gasteiger partial charge in [-0.05, 0) is 47.6 Å². The Morgan fingerprint density at radius 2 is 1.90 bits per heavy atom. The van der Waals surface area contributed by atoms with Crippen LogP contribution in [-0.2, 0) is 6.54 Å². The van der Waals surface area contributed by atoms with Crippen LogP contribution in [0.25, 0.3) is 16.5 Å². The minimum atomic E-state index is 0.810. The Labute approximate surface area is 126 Å². The Bertz CT molecular complexity index is 733. The van der Waals surface area contributed by atoms with Crippen molar-refractivity contribution in [3.63, 3.8) is 0 Å². The molecule has 3 rings (SSSR count). The normalized spacial score (nSPS) is 11.1. The molecule has 0 atom stereocenters. The topological polar surface area (TPSA) is 29.9 Å². The largest absolute Gasteiger partial charge is 0.311 e. The summed E-state index contributed by atoms with van der Waals surface area (Å²) < 4.78 is 3.03. The zero-order valence-electron chi connectivity index (χ0n) is 11.3. The summed E-state index contributed by atoms with van der Waals surface area (Å²) in [7, 11) is 0. The van der Waals surface area contributed by atoms with Crippen molar-refractivity contribution in [2.24, 2.45) is 0 Å². The van der Waals surface area contributed by atoms with Gasteiger partial charge in [0.05, 0.1) is 11.4 Å². The molecule has 0 radical (unpaired) electrons. The second-order valence-electron chi connectivity index (χ2n) is 4.71. The first-order valence-corrected chi connectivity index (χ1v) is 7.50. The zero-order chi connectivity index (χ0) is 13.9. The highest BCUT2D eigenvalue weighted by Gasteiger charge is 2.02. The van der Waals surface area contributed by atoms with Gasteiger partial charge >= 0.3 is 0 Å². The van der Waals surface area contributed by atoms with E-state index in [4.69, 9.17) is 0 Å². The molecule has 3 aromatic rings. The van der Waals surface area contributed by atoms with Crippen LogP contribution in [0.5, 0.6) is 0 Å². The maximum atomic E-state index is 4.59. The lowest BCUT2D eigenvalue weighted by Gasteiger charge is -2.04. The van der Waals surface area contributed by atoms with Crippen LogP contribution in [0.4, 0.5) is 0 Å². The Balaban J connectivity index is 1.93. The summed E-state index contributed by atoms with van der Waals surface area (Å²) in [4.78, 5) is 0. The highest BCUT2D eigenvalue weighted by molar-refractivity contribution is 9.10. The van der Waals surface area contributed by atoms with Crippen molar-refractivity contribution in [2.45, 2.75) is 13.5 Å². The minimum absolute atomic E-state index is 0.810. The summed E-state index contributed by atoms with van der Waals surface area (Å²) >= 11 is 3.50. The van der Waals surface area contributed by atoms with E-state index < -0.39 is 0 Å². The van der Waals surface area contributed by atoms with E-state index >= 15 is 0 Å². The predicted octanol–water partition coefficient (Wildman–Crippen LogP) is 3.90. The number of hydrogen-bond acceptors (Lipinski definition) is 2. The highest BCUT2D eigenvalue weighted by atomic mass is 79.9. The van der Waals surface area contributed by atoms with E-state index in [0.29, 0.717) is 0 Å². The lowest BCUT2D eigenvalue weighted by atomic mass is 10.1. The Kier molecular flexibility index (Phi) is 3.85. The van der Waals surface area contributed by atoms with Gasteiger partial charge in [0.1, 0.15) is 0 Å². The van der Waals surface area contributed by atoms with Crippen LogP contribution < -0.4 is 5.32 Å². The summed E-state index contributed by atoms with van der Waals surface area (Å²) in [6, 6.07) is 14.7. The molecule has 0 aliphatic rings. The van der Waals surface area contributed by atoms with Crippen LogP contribution in [0.15, 0.2) is 53.1 Å². The molecular weight excluding hydrogens is 314 g/mol. The lowest BCUT2D eigenvalue weighted by molar-refractivity contribution is 0.697. The third-order valence-corrected chi connectivity index (χ3v) is 3.74. The second kappa shape index (κ2) is 5.77.